The van der Waals surface area contributed by atoms with Crippen LogP contribution in [0.15, 0.2) is 12.1 Å². The first-order chi connectivity index (χ1) is 7.29. The summed E-state index contributed by atoms with van der Waals surface area (Å²) in [6.07, 6.45) is -5.05. The summed E-state index contributed by atoms with van der Waals surface area (Å²) in [5.41, 5.74) is 1.13. The average molecular weight is 232 g/mol. The van der Waals surface area contributed by atoms with Gasteiger partial charge in [-0.2, -0.15) is 18.4 Å². The number of benzene rings is 1. The van der Waals surface area contributed by atoms with E-state index in [4.69, 9.17) is 5.26 Å². The number of nitriles is 1. The molecule has 1 aromatic rings. The summed E-state index contributed by atoms with van der Waals surface area (Å²) >= 11 is 0. The van der Waals surface area contributed by atoms with Gasteiger partial charge in [0.15, 0.2) is 0 Å². The lowest BCUT2D eigenvalue weighted by Gasteiger charge is -2.11. The summed E-state index contributed by atoms with van der Waals surface area (Å²) in [7, 11) is 0. The zero-order chi connectivity index (χ0) is 12.5. The Hall–Kier alpha value is -2.10. The van der Waals surface area contributed by atoms with Gasteiger partial charge >= 0.3 is 6.18 Å². The van der Waals surface area contributed by atoms with E-state index in [1.807, 2.05) is 0 Å². The Balaban J connectivity index is 3.62. The molecule has 7 heteroatoms. The molecule has 0 bridgehead atoms. The first kappa shape index (κ1) is 12.0. The fraction of sp³-hybridized carbons (Fsp3) is 0.111. The molecule has 0 aromatic heterocycles. The third kappa shape index (κ3) is 1.95. The largest absolute Gasteiger partial charge is 0.420 e. The first-order valence-corrected chi connectivity index (χ1v) is 3.88. The standard InChI is InChI=1S/C9H4F4N2O/c10-7-5(8(15)16)2-1-4(3-14)6(7)9(11,12)13/h1-2H,(H2,15,16). The van der Waals surface area contributed by atoms with Crippen LogP contribution in [0.5, 0.6) is 0 Å². The summed E-state index contributed by atoms with van der Waals surface area (Å²) in [4.78, 5) is 10.6. The summed E-state index contributed by atoms with van der Waals surface area (Å²) < 4.78 is 50.5. The number of halogens is 4. The van der Waals surface area contributed by atoms with Crippen molar-refractivity contribution >= 4 is 5.91 Å². The van der Waals surface area contributed by atoms with E-state index < -0.39 is 34.6 Å². The number of hydrogen-bond acceptors (Lipinski definition) is 2. The zero-order valence-electron chi connectivity index (χ0n) is 7.60. The topological polar surface area (TPSA) is 66.9 Å². The highest BCUT2D eigenvalue weighted by Gasteiger charge is 2.38. The van der Waals surface area contributed by atoms with Crippen LogP contribution in [0.4, 0.5) is 17.6 Å². The second kappa shape index (κ2) is 3.81. The van der Waals surface area contributed by atoms with E-state index in [1.54, 1.807) is 0 Å². The number of alkyl halides is 3. The molecule has 16 heavy (non-hydrogen) atoms. The molecule has 0 unspecified atom stereocenters. The smallest absolute Gasteiger partial charge is 0.366 e. The lowest BCUT2D eigenvalue weighted by Crippen LogP contribution is -2.18. The van der Waals surface area contributed by atoms with Crippen molar-refractivity contribution in [3.8, 4) is 6.07 Å². The predicted molar refractivity (Wildman–Crippen MR) is 44.6 cm³/mol. The molecule has 0 spiro atoms. The van der Waals surface area contributed by atoms with Crippen molar-refractivity contribution in [2.75, 3.05) is 0 Å². The highest BCUT2D eigenvalue weighted by Crippen LogP contribution is 2.34. The molecule has 0 aliphatic rings. The van der Waals surface area contributed by atoms with Crippen molar-refractivity contribution in [2.45, 2.75) is 6.18 Å². The number of nitrogens with two attached hydrogens (primary N) is 1. The molecule has 1 rings (SSSR count). The van der Waals surface area contributed by atoms with Gasteiger partial charge in [0.2, 0.25) is 0 Å². The molecule has 0 radical (unpaired) electrons. The van der Waals surface area contributed by atoms with Crippen LogP contribution in [-0.4, -0.2) is 5.91 Å². The van der Waals surface area contributed by atoms with Gasteiger partial charge in [0.25, 0.3) is 5.91 Å². The monoisotopic (exact) mass is 232 g/mol. The third-order valence-electron chi connectivity index (χ3n) is 1.81. The summed E-state index contributed by atoms with van der Waals surface area (Å²) in [5, 5.41) is 8.40. The van der Waals surface area contributed by atoms with Gasteiger partial charge in [0.05, 0.1) is 17.2 Å². The lowest BCUT2D eigenvalue weighted by atomic mass is 10.0. The van der Waals surface area contributed by atoms with Gasteiger partial charge in [-0.05, 0) is 12.1 Å². The molecule has 0 saturated carbocycles. The molecule has 0 heterocycles. The van der Waals surface area contributed by atoms with Gasteiger partial charge in [0, 0.05) is 0 Å². The van der Waals surface area contributed by atoms with Crippen LogP contribution < -0.4 is 5.73 Å². The summed E-state index contributed by atoms with van der Waals surface area (Å²) in [6.45, 7) is 0. The normalized spacial score (nSPS) is 10.9. The fourth-order valence-corrected chi connectivity index (χ4v) is 1.14. The number of carbonyl (C=O) groups excluding carboxylic acids is 1. The van der Waals surface area contributed by atoms with Crippen molar-refractivity contribution < 1.29 is 22.4 Å². The highest BCUT2D eigenvalue weighted by molar-refractivity contribution is 5.93. The number of primary amides is 1. The molecule has 2 N–H and O–H groups in total. The molecule has 0 atom stereocenters. The Morgan fingerprint density at radius 1 is 1.38 bits per heavy atom. The second-order valence-corrected chi connectivity index (χ2v) is 2.82. The summed E-state index contributed by atoms with van der Waals surface area (Å²) in [6, 6.07) is 2.64. The van der Waals surface area contributed by atoms with E-state index in [1.165, 1.54) is 6.07 Å². The Labute approximate surface area is 87.1 Å². The summed E-state index contributed by atoms with van der Waals surface area (Å²) in [5.74, 6) is -3.15. The van der Waals surface area contributed by atoms with Gasteiger partial charge in [-0.1, -0.05) is 0 Å². The van der Waals surface area contributed by atoms with Crippen LogP contribution in [0.25, 0.3) is 0 Å². The molecule has 1 amide bonds. The minimum absolute atomic E-state index is 0.700. The number of nitrogens with zero attached hydrogens (tertiary/aromatic N) is 1. The van der Waals surface area contributed by atoms with Crippen LogP contribution in [0.1, 0.15) is 21.5 Å². The van der Waals surface area contributed by atoms with Crippen molar-refractivity contribution in [3.63, 3.8) is 0 Å². The van der Waals surface area contributed by atoms with Crippen LogP contribution in [-0.2, 0) is 6.18 Å². The first-order valence-electron chi connectivity index (χ1n) is 3.88. The Morgan fingerprint density at radius 3 is 2.31 bits per heavy atom. The van der Waals surface area contributed by atoms with Crippen molar-refractivity contribution in [1.29, 1.82) is 5.26 Å². The predicted octanol–water partition coefficient (Wildman–Crippen LogP) is 1.82. The van der Waals surface area contributed by atoms with Crippen LogP contribution >= 0.6 is 0 Å². The molecule has 0 saturated heterocycles. The van der Waals surface area contributed by atoms with Gasteiger partial charge in [-0.15, -0.1) is 0 Å². The Kier molecular flexibility index (Phi) is 2.85. The van der Waals surface area contributed by atoms with Gasteiger partial charge in [-0.25, -0.2) is 4.39 Å². The SMILES string of the molecule is N#Cc1ccc(C(N)=O)c(F)c1C(F)(F)F. The van der Waals surface area contributed by atoms with E-state index >= 15 is 0 Å². The van der Waals surface area contributed by atoms with Crippen molar-refractivity contribution in [1.82, 2.24) is 0 Å². The molecule has 0 aliphatic heterocycles. The Morgan fingerprint density at radius 2 is 1.94 bits per heavy atom. The molecule has 3 nitrogen and oxygen atoms in total. The molecule has 0 aliphatic carbocycles. The van der Waals surface area contributed by atoms with E-state index in [0.717, 1.165) is 6.07 Å². The Bertz CT molecular complexity index is 488. The van der Waals surface area contributed by atoms with Crippen molar-refractivity contribution in [3.05, 3.63) is 34.6 Å². The minimum atomic E-state index is -5.05. The third-order valence-corrected chi connectivity index (χ3v) is 1.81. The van der Waals surface area contributed by atoms with Gasteiger partial charge < -0.3 is 5.73 Å². The lowest BCUT2D eigenvalue weighted by molar-refractivity contribution is -0.140. The second-order valence-electron chi connectivity index (χ2n) is 2.82. The highest BCUT2D eigenvalue weighted by atomic mass is 19.4. The zero-order valence-corrected chi connectivity index (χ0v) is 7.60. The maximum Gasteiger partial charge on any atom is 0.420 e. The van der Waals surface area contributed by atoms with Crippen LogP contribution in [0, 0.1) is 17.1 Å². The number of carbonyl (C=O) groups is 1. The van der Waals surface area contributed by atoms with Crippen LogP contribution in [0.3, 0.4) is 0 Å². The number of hydrogen-bond donors (Lipinski definition) is 1. The van der Waals surface area contributed by atoms with Crippen LogP contribution in [0.2, 0.25) is 0 Å². The van der Waals surface area contributed by atoms with Crippen molar-refractivity contribution in [2.24, 2.45) is 5.73 Å². The number of amides is 1. The molecular formula is C9H4F4N2O. The van der Waals surface area contributed by atoms with E-state index in [0.29, 0.717) is 6.07 Å². The van der Waals surface area contributed by atoms with E-state index in [2.05, 4.69) is 5.73 Å². The van der Waals surface area contributed by atoms with E-state index in [9.17, 15) is 22.4 Å². The quantitative estimate of drug-likeness (QED) is 0.750. The maximum absolute atomic E-state index is 13.3. The molecule has 84 valence electrons. The fourth-order valence-electron chi connectivity index (χ4n) is 1.14. The minimum Gasteiger partial charge on any atom is -0.366 e. The molecule has 0 fully saturated rings. The molecule has 1 aromatic carbocycles. The average Bonchev–Trinajstić information content (AvgIpc) is 2.14. The molecular weight excluding hydrogens is 228 g/mol. The maximum atomic E-state index is 13.3. The van der Waals surface area contributed by atoms with Gasteiger partial charge in [-0.3, -0.25) is 4.79 Å². The number of rotatable bonds is 1. The van der Waals surface area contributed by atoms with Gasteiger partial charge in [0.1, 0.15) is 11.4 Å². The van der Waals surface area contributed by atoms with E-state index in [-0.39, 0.29) is 0 Å².